The Morgan fingerprint density at radius 2 is 1.90 bits per heavy atom. The van der Waals surface area contributed by atoms with E-state index in [2.05, 4.69) is 42.4 Å². The van der Waals surface area contributed by atoms with E-state index in [4.69, 9.17) is 4.98 Å². The molecule has 0 bridgehead atoms. The fourth-order valence-corrected chi connectivity index (χ4v) is 3.43. The normalized spacial score (nSPS) is 25.8. The Morgan fingerprint density at radius 3 is 2.57 bits per heavy atom. The van der Waals surface area contributed by atoms with Crippen molar-refractivity contribution in [1.29, 1.82) is 0 Å². The quantitative estimate of drug-likeness (QED) is 0.864. The van der Waals surface area contributed by atoms with Gasteiger partial charge in [-0.3, -0.25) is 0 Å². The summed E-state index contributed by atoms with van der Waals surface area (Å²) in [4.78, 5) is 7.26. The van der Waals surface area contributed by atoms with Gasteiger partial charge in [-0.1, -0.05) is 19.4 Å². The SMILES string of the molecule is CCC1CCC(N(C)c2cccc(CNC3CC3)n2)CC1. The summed E-state index contributed by atoms with van der Waals surface area (Å²) in [5.41, 5.74) is 1.17. The summed E-state index contributed by atoms with van der Waals surface area (Å²) in [6.45, 7) is 3.24. The molecule has 0 unspecified atom stereocenters. The van der Waals surface area contributed by atoms with Crippen LogP contribution in [-0.2, 0) is 6.54 Å². The maximum Gasteiger partial charge on any atom is 0.128 e. The number of anilines is 1. The van der Waals surface area contributed by atoms with E-state index >= 15 is 0 Å². The second-order valence-corrected chi connectivity index (χ2v) is 6.84. The Labute approximate surface area is 129 Å². The largest absolute Gasteiger partial charge is 0.357 e. The number of hydrogen-bond donors (Lipinski definition) is 1. The number of nitrogens with one attached hydrogen (secondary N) is 1. The van der Waals surface area contributed by atoms with Crippen LogP contribution in [0.25, 0.3) is 0 Å². The van der Waals surface area contributed by atoms with Crippen molar-refractivity contribution in [2.75, 3.05) is 11.9 Å². The number of aromatic nitrogens is 1. The highest BCUT2D eigenvalue weighted by Gasteiger charge is 2.24. The molecule has 21 heavy (non-hydrogen) atoms. The number of pyridine rings is 1. The summed E-state index contributed by atoms with van der Waals surface area (Å²) < 4.78 is 0. The Bertz CT molecular complexity index is 448. The van der Waals surface area contributed by atoms with E-state index in [-0.39, 0.29) is 0 Å². The minimum absolute atomic E-state index is 0.673. The minimum atomic E-state index is 0.673. The number of rotatable bonds is 6. The molecule has 0 aromatic carbocycles. The summed E-state index contributed by atoms with van der Waals surface area (Å²) in [5, 5.41) is 3.55. The zero-order valence-electron chi connectivity index (χ0n) is 13.5. The Hall–Kier alpha value is -1.09. The molecule has 3 heteroatoms. The maximum absolute atomic E-state index is 4.85. The summed E-state index contributed by atoms with van der Waals surface area (Å²) in [7, 11) is 2.22. The molecule has 2 aliphatic rings. The van der Waals surface area contributed by atoms with Gasteiger partial charge < -0.3 is 10.2 Å². The second-order valence-electron chi connectivity index (χ2n) is 6.84. The van der Waals surface area contributed by atoms with E-state index in [1.165, 1.54) is 50.6 Å². The van der Waals surface area contributed by atoms with Crippen molar-refractivity contribution in [3.8, 4) is 0 Å². The van der Waals surface area contributed by atoms with Crippen LogP contribution in [-0.4, -0.2) is 24.1 Å². The molecule has 1 aromatic heterocycles. The van der Waals surface area contributed by atoms with Crippen LogP contribution < -0.4 is 10.2 Å². The van der Waals surface area contributed by atoms with Crippen molar-refractivity contribution < 1.29 is 0 Å². The Morgan fingerprint density at radius 1 is 1.14 bits per heavy atom. The third-order valence-corrected chi connectivity index (χ3v) is 5.24. The van der Waals surface area contributed by atoms with Crippen LogP contribution in [0.5, 0.6) is 0 Å². The highest BCUT2D eigenvalue weighted by Crippen LogP contribution is 2.30. The fraction of sp³-hybridized carbons (Fsp3) is 0.722. The molecule has 1 aromatic rings. The van der Waals surface area contributed by atoms with Gasteiger partial charge >= 0.3 is 0 Å². The molecule has 0 atom stereocenters. The smallest absolute Gasteiger partial charge is 0.128 e. The molecule has 3 rings (SSSR count). The first-order chi connectivity index (χ1) is 10.3. The summed E-state index contributed by atoms with van der Waals surface area (Å²) in [6.07, 6.45) is 9.42. The van der Waals surface area contributed by atoms with Gasteiger partial charge in [-0.05, 0) is 56.6 Å². The van der Waals surface area contributed by atoms with Crippen LogP contribution in [0.1, 0.15) is 57.6 Å². The van der Waals surface area contributed by atoms with Crippen LogP contribution >= 0.6 is 0 Å². The van der Waals surface area contributed by atoms with Gasteiger partial charge in [0.25, 0.3) is 0 Å². The van der Waals surface area contributed by atoms with Crippen molar-refractivity contribution in [2.45, 2.75) is 70.5 Å². The van der Waals surface area contributed by atoms with Crippen molar-refractivity contribution in [3.05, 3.63) is 23.9 Å². The third-order valence-electron chi connectivity index (χ3n) is 5.24. The summed E-state index contributed by atoms with van der Waals surface area (Å²) in [5.74, 6) is 2.10. The topological polar surface area (TPSA) is 28.2 Å². The molecular formula is C18H29N3. The Balaban J connectivity index is 1.58. The van der Waals surface area contributed by atoms with Crippen LogP contribution in [0, 0.1) is 5.92 Å². The highest BCUT2D eigenvalue weighted by atomic mass is 15.2. The van der Waals surface area contributed by atoms with E-state index in [1.54, 1.807) is 0 Å². The lowest BCUT2D eigenvalue weighted by Gasteiger charge is -2.35. The van der Waals surface area contributed by atoms with Gasteiger partial charge in [-0.2, -0.15) is 0 Å². The molecule has 2 saturated carbocycles. The van der Waals surface area contributed by atoms with E-state index < -0.39 is 0 Å². The lowest BCUT2D eigenvalue weighted by molar-refractivity contribution is 0.313. The zero-order chi connectivity index (χ0) is 14.7. The molecule has 116 valence electrons. The molecule has 1 heterocycles. The minimum Gasteiger partial charge on any atom is -0.357 e. The number of nitrogens with zero attached hydrogens (tertiary/aromatic N) is 2. The molecule has 0 spiro atoms. The molecule has 2 aliphatic carbocycles. The predicted octanol–water partition coefficient (Wildman–Crippen LogP) is 3.74. The van der Waals surface area contributed by atoms with Gasteiger partial charge in [0, 0.05) is 25.7 Å². The molecular weight excluding hydrogens is 258 g/mol. The van der Waals surface area contributed by atoms with Gasteiger partial charge in [0.2, 0.25) is 0 Å². The van der Waals surface area contributed by atoms with Crippen molar-refractivity contribution in [1.82, 2.24) is 10.3 Å². The monoisotopic (exact) mass is 287 g/mol. The standard InChI is InChI=1S/C18H29N3/c1-3-14-7-11-17(12-8-14)21(2)18-6-4-5-16(20-18)13-19-15-9-10-15/h4-6,14-15,17,19H,3,7-13H2,1-2H3. The summed E-state index contributed by atoms with van der Waals surface area (Å²) >= 11 is 0. The van der Waals surface area contributed by atoms with Gasteiger partial charge in [-0.15, -0.1) is 0 Å². The lowest BCUT2D eigenvalue weighted by Crippen LogP contribution is -2.35. The first kappa shape index (κ1) is 14.8. The lowest BCUT2D eigenvalue weighted by atomic mass is 9.84. The van der Waals surface area contributed by atoms with Crippen molar-refractivity contribution >= 4 is 5.82 Å². The van der Waals surface area contributed by atoms with Crippen LogP contribution in [0.15, 0.2) is 18.2 Å². The van der Waals surface area contributed by atoms with E-state index in [9.17, 15) is 0 Å². The molecule has 0 aliphatic heterocycles. The van der Waals surface area contributed by atoms with Gasteiger partial charge in [0.05, 0.1) is 5.69 Å². The second kappa shape index (κ2) is 6.78. The van der Waals surface area contributed by atoms with Crippen molar-refractivity contribution in [3.63, 3.8) is 0 Å². The van der Waals surface area contributed by atoms with Crippen LogP contribution in [0.4, 0.5) is 5.82 Å². The van der Waals surface area contributed by atoms with Gasteiger partial charge in [0.15, 0.2) is 0 Å². The van der Waals surface area contributed by atoms with Gasteiger partial charge in [0.1, 0.15) is 5.82 Å². The Kier molecular flexibility index (Phi) is 4.79. The summed E-state index contributed by atoms with van der Waals surface area (Å²) in [6, 6.07) is 7.87. The molecule has 1 N–H and O–H groups in total. The van der Waals surface area contributed by atoms with Crippen LogP contribution in [0.3, 0.4) is 0 Å². The molecule has 0 saturated heterocycles. The average molecular weight is 287 g/mol. The van der Waals surface area contributed by atoms with Crippen molar-refractivity contribution in [2.24, 2.45) is 5.92 Å². The number of hydrogen-bond acceptors (Lipinski definition) is 3. The fourth-order valence-electron chi connectivity index (χ4n) is 3.43. The molecule has 2 fully saturated rings. The van der Waals surface area contributed by atoms with E-state index in [1.807, 2.05) is 0 Å². The molecule has 0 radical (unpaired) electrons. The maximum atomic E-state index is 4.85. The average Bonchev–Trinajstić information content (AvgIpc) is 3.37. The first-order valence-corrected chi connectivity index (χ1v) is 8.68. The zero-order valence-corrected chi connectivity index (χ0v) is 13.5. The van der Waals surface area contributed by atoms with E-state index in [0.717, 1.165) is 24.3 Å². The van der Waals surface area contributed by atoms with E-state index in [0.29, 0.717) is 6.04 Å². The molecule has 3 nitrogen and oxygen atoms in total. The predicted molar refractivity (Wildman–Crippen MR) is 88.5 cm³/mol. The van der Waals surface area contributed by atoms with Crippen LogP contribution in [0.2, 0.25) is 0 Å². The highest BCUT2D eigenvalue weighted by molar-refractivity contribution is 5.39. The third kappa shape index (κ3) is 3.97. The van der Waals surface area contributed by atoms with Gasteiger partial charge in [-0.25, -0.2) is 4.98 Å². The first-order valence-electron chi connectivity index (χ1n) is 8.68. The molecule has 0 amide bonds.